The van der Waals surface area contributed by atoms with Crippen molar-refractivity contribution in [1.82, 2.24) is 15.3 Å². The highest BCUT2D eigenvalue weighted by Gasteiger charge is 2.51. The summed E-state index contributed by atoms with van der Waals surface area (Å²) in [5.74, 6) is 0.986. The van der Waals surface area contributed by atoms with Gasteiger partial charge in [-0.15, -0.1) is 0 Å². The van der Waals surface area contributed by atoms with Crippen LogP contribution in [0, 0.1) is 0 Å². The van der Waals surface area contributed by atoms with Crippen LogP contribution in [0.1, 0.15) is 30.0 Å². The van der Waals surface area contributed by atoms with Gasteiger partial charge in [-0.1, -0.05) is 39.7 Å². The molecule has 1 spiro atoms. The van der Waals surface area contributed by atoms with Gasteiger partial charge in [0.05, 0.1) is 11.7 Å². The molecule has 1 unspecified atom stereocenters. The standard InChI is InChI=1S/C21H21BrClN3O/c1-25-10-8-21(9-11-25)26-19(17-12-15(22)4-7-20(17)27-21)13-18(24-26)14-2-5-16(23)6-3-14/h2-7,12-13,19,24H,8-11H2,1H3. The Labute approximate surface area is 172 Å². The zero-order chi connectivity index (χ0) is 18.6. The summed E-state index contributed by atoms with van der Waals surface area (Å²) >= 11 is 9.69. The molecule has 0 aromatic heterocycles. The first-order chi connectivity index (χ1) is 13.0. The molecule has 0 saturated carbocycles. The summed E-state index contributed by atoms with van der Waals surface area (Å²) in [4.78, 5) is 2.37. The zero-order valence-electron chi connectivity index (χ0n) is 15.1. The number of fused-ring (bicyclic) bond motifs is 4. The third kappa shape index (κ3) is 2.97. The van der Waals surface area contributed by atoms with Crippen molar-refractivity contribution in [3.8, 4) is 5.75 Å². The quantitative estimate of drug-likeness (QED) is 0.680. The van der Waals surface area contributed by atoms with Crippen LogP contribution in [-0.2, 0) is 0 Å². The molecule has 3 heterocycles. The van der Waals surface area contributed by atoms with E-state index in [4.69, 9.17) is 16.3 Å². The molecule has 0 bridgehead atoms. The maximum absolute atomic E-state index is 6.64. The maximum Gasteiger partial charge on any atom is 0.182 e. The molecule has 0 radical (unpaired) electrons. The average Bonchev–Trinajstić information content (AvgIpc) is 3.12. The van der Waals surface area contributed by atoms with Gasteiger partial charge in [-0.05, 0) is 49.0 Å². The molecule has 4 nitrogen and oxygen atoms in total. The Morgan fingerprint density at radius 1 is 1.15 bits per heavy atom. The molecular formula is C21H21BrClN3O. The molecule has 140 valence electrons. The van der Waals surface area contributed by atoms with Crippen LogP contribution in [0.3, 0.4) is 0 Å². The predicted octanol–water partition coefficient (Wildman–Crippen LogP) is 4.82. The minimum Gasteiger partial charge on any atom is -0.470 e. The zero-order valence-corrected chi connectivity index (χ0v) is 17.4. The van der Waals surface area contributed by atoms with Crippen LogP contribution >= 0.6 is 27.5 Å². The van der Waals surface area contributed by atoms with Gasteiger partial charge in [0, 0.05) is 41.0 Å². The molecule has 6 heteroatoms. The van der Waals surface area contributed by atoms with E-state index in [1.54, 1.807) is 0 Å². The summed E-state index contributed by atoms with van der Waals surface area (Å²) in [6, 6.07) is 14.4. The minimum absolute atomic E-state index is 0.139. The molecule has 0 aliphatic carbocycles. The van der Waals surface area contributed by atoms with Gasteiger partial charge in [-0.3, -0.25) is 0 Å². The average molecular weight is 447 g/mol. The van der Waals surface area contributed by atoms with E-state index in [-0.39, 0.29) is 11.8 Å². The Bertz CT molecular complexity index is 906. The van der Waals surface area contributed by atoms with Gasteiger partial charge in [0.25, 0.3) is 0 Å². The second kappa shape index (κ2) is 6.52. The van der Waals surface area contributed by atoms with Crippen LogP contribution in [0.15, 0.2) is 53.0 Å². The summed E-state index contributed by atoms with van der Waals surface area (Å²) < 4.78 is 7.71. The largest absolute Gasteiger partial charge is 0.470 e. The van der Waals surface area contributed by atoms with Crippen molar-refractivity contribution < 1.29 is 4.74 Å². The van der Waals surface area contributed by atoms with Crippen LogP contribution in [0.25, 0.3) is 5.70 Å². The first-order valence-electron chi connectivity index (χ1n) is 9.25. The molecule has 1 N–H and O–H groups in total. The molecule has 2 aromatic rings. The number of hydrogen-bond acceptors (Lipinski definition) is 4. The number of benzene rings is 2. The summed E-state index contributed by atoms with van der Waals surface area (Å²) in [5.41, 5.74) is 6.75. The number of ether oxygens (including phenoxy) is 1. The number of likely N-dealkylation sites (tertiary alicyclic amines) is 1. The summed E-state index contributed by atoms with van der Waals surface area (Å²) in [7, 11) is 2.17. The van der Waals surface area contributed by atoms with E-state index >= 15 is 0 Å². The monoisotopic (exact) mass is 445 g/mol. The topological polar surface area (TPSA) is 27.7 Å². The van der Waals surface area contributed by atoms with Gasteiger partial charge >= 0.3 is 0 Å². The fourth-order valence-electron chi connectivity index (χ4n) is 4.25. The molecule has 0 amide bonds. The van der Waals surface area contributed by atoms with Crippen LogP contribution in [0.2, 0.25) is 5.02 Å². The molecule has 5 rings (SSSR count). The van der Waals surface area contributed by atoms with Crippen molar-refractivity contribution in [3.05, 3.63) is 69.2 Å². The number of nitrogens with one attached hydrogen (secondary N) is 1. The SMILES string of the molecule is CN1CCC2(CC1)Oc1ccc(Br)cc1C1C=C(c3ccc(Cl)cc3)NN12. The fraction of sp³-hybridized carbons (Fsp3) is 0.333. The highest BCUT2D eigenvalue weighted by molar-refractivity contribution is 9.10. The minimum atomic E-state index is -0.331. The normalized spacial score (nSPS) is 24.0. The summed E-state index contributed by atoms with van der Waals surface area (Å²) in [6.07, 6.45) is 4.23. The van der Waals surface area contributed by atoms with E-state index < -0.39 is 0 Å². The van der Waals surface area contributed by atoms with Crippen LogP contribution in [-0.4, -0.2) is 35.8 Å². The number of halogens is 2. The van der Waals surface area contributed by atoms with Gasteiger partial charge in [0.2, 0.25) is 0 Å². The lowest BCUT2D eigenvalue weighted by Gasteiger charge is -2.51. The molecule has 3 aliphatic heterocycles. The van der Waals surface area contributed by atoms with E-state index in [9.17, 15) is 0 Å². The first-order valence-corrected chi connectivity index (χ1v) is 10.4. The van der Waals surface area contributed by atoms with Crippen LogP contribution in [0.4, 0.5) is 0 Å². The number of hydrogen-bond donors (Lipinski definition) is 1. The molecule has 27 heavy (non-hydrogen) atoms. The number of rotatable bonds is 1. The summed E-state index contributed by atoms with van der Waals surface area (Å²) in [5, 5.41) is 3.07. The number of hydrazine groups is 1. The third-order valence-corrected chi connectivity index (χ3v) is 6.54. The highest BCUT2D eigenvalue weighted by atomic mass is 79.9. The van der Waals surface area contributed by atoms with Gasteiger partial charge in [-0.2, -0.15) is 5.01 Å². The first kappa shape index (κ1) is 17.6. The van der Waals surface area contributed by atoms with Gasteiger partial charge in [0.1, 0.15) is 5.75 Å². The maximum atomic E-state index is 6.64. The Morgan fingerprint density at radius 3 is 2.63 bits per heavy atom. The second-order valence-electron chi connectivity index (χ2n) is 7.55. The van der Waals surface area contributed by atoms with E-state index in [0.717, 1.165) is 52.4 Å². The number of nitrogens with zero attached hydrogens (tertiary/aromatic N) is 2. The molecule has 1 fully saturated rings. The third-order valence-electron chi connectivity index (χ3n) is 5.80. The van der Waals surface area contributed by atoms with Crippen molar-refractivity contribution in [2.75, 3.05) is 20.1 Å². The Kier molecular flexibility index (Phi) is 4.24. The van der Waals surface area contributed by atoms with Crippen LogP contribution < -0.4 is 10.2 Å². The predicted molar refractivity (Wildman–Crippen MR) is 111 cm³/mol. The molecule has 2 aromatic carbocycles. The van der Waals surface area contributed by atoms with E-state index in [2.05, 4.69) is 74.7 Å². The van der Waals surface area contributed by atoms with E-state index in [1.165, 1.54) is 5.56 Å². The van der Waals surface area contributed by atoms with Crippen molar-refractivity contribution in [2.24, 2.45) is 0 Å². The van der Waals surface area contributed by atoms with Gasteiger partial charge in [-0.25, -0.2) is 0 Å². The number of piperidine rings is 1. The Hall–Kier alpha value is -1.53. The van der Waals surface area contributed by atoms with Crippen molar-refractivity contribution in [2.45, 2.75) is 24.6 Å². The van der Waals surface area contributed by atoms with Crippen molar-refractivity contribution >= 4 is 33.2 Å². The van der Waals surface area contributed by atoms with Crippen molar-refractivity contribution in [1.29, 1.82) is 0 Å². The molecule has 1 saturated heterocycles. The lowest BCUT2D eigenvalue weighted by molar-refractivity contribution is -0.157. The van der Waals surface area contributed by atoms with Crippen molar-refractivity contribution in [3.63, 3.8) is 0 Å². The lowest BCUT2D eigenvalue weighted by atomic mass is 9.93. The van der Waals surface area contributed by atoms with E-state index in [0.29, 0.717) is 0 Å². The second-order valence-corrected chi connectivity index (χ2v) is 8.90. The Balaban J connectivity index is 1.58. The molecule has 1 atom stereocenters. The lowest BCUT2D eigenvalue weighted by Crippen LogP contribution is -2.63. The molecule has 3 aliphatic rings. The fourth-order valence-corrected chi connectivity index (χ4v) is 4.76. The van der Waals surface area contributed by atoms with Gasteiger partial charge < -0.3 is 15.1 Å². The van der Waals surface area contributed by atoms with Crippen LogP contribution in [0.5, 0.6) is 5.75 Å². The molecular weight excluding hydrogens is 426 g/mol. The smallest absolute Gasteiger partial charge is 0.182 e. The van der Waals surface area contributed by atoms with Gasteiger partial charge in [0.15, 0.2) is 5.72 Å². The highest BCUT2D eigenvalue weighted by Crippen LogP contribution is 2.49. The summed E-state index contributed by atoms with van der Waals surface area (Å²) in [6.45, 7) is 2.04. The van der Waals surface area contributed by atoms with E-state index in [1.807, 2.05) is 12.1 Å². The Morgan fingerprint density at radius 2 is 1.89 bits per heavy atom.